The Bertz CT molecular complexity index is 765. The van der Waals surface area contributed by atoms with Crippen molar-refractivity contribution < 1.29 is 23.8 Å². The van der Waals surface area contributed by atoms with Crippen molar-refractivity contribution in [3.05, 3.63) is 60.2 Å². The minimum Gasteiger partial charge on any atom is -0.497 e. The van der Waals surface area contributed by atoms with Crippen LogP contribution in [-0.4, -0.2) is 32.2 Å². The summed E-state index contributed by atoms with van der Waals surface area (Å²) in [6, 6.07) is 13.9. The molecule has 0 aliphatic carbocycles. The van der Waals surface area contributed by atoms with Crippen LogP contribution in [0.25, 0.3) is 0 Å². The van der Waals surface area contributed by atoms with Gasteiger partial charge < -0.3 is 14.2 Å². The van der Waals surface area contributed by atoms with Crippen molar-refractivity contribution in [2.75, 3.05) is 26.1 Å². The second-order valence-electron chi connectivity index (χ2n) is 5.86. The zero-order chi connectivity index (χ0) is 20.8. The van der Waals surface area contributed by atoms with E-state index in [1.807, 2.05) is 30.3 Å². The molecule has 0 fully saturated rings. The van der Waals surface area contributed by atoms with Crippen LogP contribution < -0.4 is 14.2 Å². The van der Waals surface area contributed by atoms with Gasteiger partial charge in [0.25, 0.3) is 0 Å². The highest BCUT2D eigenvalue weighted by molar-refractivity contribution is 7.99. The van der Waals surface area contributed by atoms with Gasteiger partial charge in [-0.25, -0.2) is 0 Å². The maximum absolute atomic E-state index is 8.12. The summed E-state index contributed by atoms with van der Waals surface area (Å²) in [5, 5.41) is 0. The molecule has 0 saturated heterocycles. The summed E-state index contributed by atoms with van der Waals surface area (Å²) in [6.45, 7) is 9.56. The number of benzene rings is 2. The highest BCUT2D eigenvalue weighted by atomic mass is 32.2. The molecule has 0 aliphatic heterocycles. The van der Waals surface area contributed by atoms with Crippen molar-refractivity contribution in [3.8, 4) is 17.2 Å². The van der Waals surface area contributed by atoms with Gasteiger partial charge in [-0.3, -0.25) is 0 Å². The molecular weight excluding hydrogens is 376 g/mol. The SMILES string of the molecule is C=C(COc1ccc(OC)cc1)CSc1ccc(OCCC)c(C)c1.O=C=O. The Morgan fingerprint density at radius 2 is 1.71 bits per heavy atom. The van der Waals surface area contributed by atoms with Gasteiger partial charge in [0, 0.05) is 10.6 Å². The molecule has 150 valence electrons. The van der Waals surface area contributed by atoms with Gasteiger partial charge in [-0.05, 0) is 66.9 Å². The first-order valence-electron chi connectivity index (χ1n) is 8.83. The zero-order valence-electron chi connectivity index (χ0n) is 16.5. The average molecular weight is 403 g/mol. The summed E-state index contributed by atoms with van der Waals surface area (Å²) in [6.07, 6.45) is 1.27. The van der Waals surface area contributed by atoms with Crippen molar-refractivity contribution in [2.45, 2.75) is 25.2 Å². The zero-order valence-corrected chi connectivity index (χ0v) is 17.3. The Morgan fingerprint density at radius 1 is 1.07 bits per heavy atom. The first-order chi connectivity index (χ1) is 13.5. The Labute approximate surface area is 170 Å². The summed E-state index contributed by atoms with van der Waals surface area (Å²) >= 11 is 1.76. The van der Waals surface area contributed by atoms with Gasteiger partial charge in [0.05, 0.1) is 13.7 Å². The minimum atomic E-state index is 0.250. The topological polar surface area (TPSA) is 61.8 Å². The maximum atomic E-state index is 8.12. The molecule has 2 rings (SSSR count). The van der Waals surface area contributed by atoms with Crippen molar-refractivity contribution in [1.82, 2.24) is 0 Å². The van der Waals surface area contributed by atoms with E-state index in [4.69, 9.17) is 23.8 Å². The molecule has 0 spiro atoms. The predicted octanol–water partition coefficient (Wildman–Crippen LogP) is 4.94. The van der Waals surface area contributed by atoms with Crippen LogP contribution in [0.1, 0.15) is 18.9 Å². The molecule has 0 amide bonds. The van der Waals surface area contributed by atoms with E-state index in [0.717, 1.165) is 41.6 Å². The van der Waals surface area contributed by atoms with E-state index in [0.29, 0.717) is 6.61 Å². The summed E-state index contributed by atoms with van der Waals surface area (Å²) in [4.78, 5) is 17.5. The molecule has 0 atom stereocenters. The van der Waals surface area contributed by atoms with Gasteiger partial charge in [0.2, 0.25) is 0 Å². The molecule has 0 heterocycles. The van der Waals surface area contributed by atoms with Gasteiger partial charge >= 0.3 is 6.15 Å². The molecule has 2 aromatic rings. The standard InChI is InChI=1S/C21H26O3S.CO2/c1-5-12-23-21-11-10-20(13-17(21)3)25-15-16(2)14-24-19-8-6-18(22-4)7-9-19;2-1-3/h6-11,13H,2,5,12,14-15H2,1,3-4H3;. The van der Waals surface area contributed by atoms with Gasteiger partial charge in [0.1, 0.15) is 23.9 Å². The van der Waals surface area contributed by atoms with E-state index in [9.17, 15) is 0 Å². The quantitative estimate of drug-likeness (QED) is 0.414. The number of hydrogen-bond donors (Lipinski definition) is 0. The Balaban J connectivity index is 0.00000122. The lowest BCUT2D eigenvalue weighted by Crippen LogP contribution is -2.02. The van der Waals surface area contributed by atoms with Crippen molar-refractivity contribution in [2.24, 2.45) is 0 Å². The number of thioether (sulfide) groups is 1. The number of carbonyl (C=O) groups excluding carboxylic acids is 2. The van der Waals surface area contributed by atoms with E-state index in [1.165, 1.54) is 10.5 Å². The first-order valence-corrected chi connectivity index (χ1v) is 9.81. The molecule has 0 aromatic heterocycles. The average Bonchev–Trinajstić information content (AvgIpc) is 2.71. The summed E-state index contributed by atoms with van der Waals surface area (Å²) in [5.74, 6) is 3.43. The fourth-order valence-electron chi connectivity index (χ4n) is 2.17. The van der Waals surface area contributed by atoms with Crippen LogP contribution >= 0.6 is 11.8 Å². The Hall–Kier alpha value is -2.69. The number of rotatable bonds is 10. The molecule has 0 radical (unpaired) electrons. The number of methoxy groups -OCH3 is 1. The lowest BCUT2D eigenvalue weighted by molar-refractivity contribution is -0.191. The molecule has 0 bridgehead atoms. The molecule has 0 N–H and O–H groups in total. The lowest BCUT2D eigenvalue weighted by atomic mass is 10.2. The van der Waals surface area contributed by atoms with E-state index in [2.05, 4.69) is 32.6 Å². The number of hydrogen-bond acceptors (Lipinski definition) is 6. The minimum absolute atomic E-state index is 0.250. The summed E-state index contributed by atoms with van der Waals surface area (Å²) < 4.78 is 16.6. The molecule has 2 aromatic carbocycles. The lowest BCUT2D eigenvalue weighted by Gasteiger charge is -2.11. The molecule has 0 aliphatic rings. The van der Waals surface area contributed by atoms with E-state index >= 15 is 0 Å². The highest BCUT2D eigenvalue weighted by Gasteiger charge is 2.04. The van der Waals surface area contributed by atoms with E-state index in [-0.39, 0.29) is 6.15 Å². The smallest absolute Gasteiger partial charge is 0.373 e. The molecule has 0 unspecified atom stereocenters. The molecule has 28 heavy (non-hydrogen) atoms. The third kappa shape index (κ3) is 8.80. The summed E-state index contributed by atoms with van der Waals surface area (Å²) in [5.41, 5.74) is 2.21. The van der Waals surface area contributed by atoms with Crippen LogP contribution in [0.5, 0.6) is 17.2 Å². The Kier molecular flexibility index (Phi) is 11.2. The van der Waals surface area contributed by atoms with Gasteiger partial charge in [-0.2, -0.15) is 9.59 Å². The number of aryl methyl sites for hydroxylation is 1. The van der Waals surface area contributed by atoms with Crippen molar-refractivity contribution in [1.29, 1.82) is 0 Å². The second-order valence-corrected chi connectivity index (χ2v) is 6.91. The van der Waals surface area contributed by atoms with Crippen molar-refractivity contribution >= 4 is 17.9 Å². The van der Waals surface area contributed by atoms with Crippen LogP contribution in [-0.2, 0) is 9.59 Å². The fourth-order valence-corrected chi connectivity index (χ4v) is 3.05. The van der Waals surface area contributed by atoms with Crippen LogP contribution in [0.15, 0.2) is 59.5 Å². The monoisotopic (exact) mass is 402 g/mol. The third-order valence-electron chi connectivity index (χ3n) is 3.55. The first kappa shape index (κ1) is 23.3. The highest BCUT2D eigenvalue weighted by Crippen LogP contribution is 2.27. The largest absolute Gasteiger partial charge is 0.497 e. The van der Waals surface area contributed by atoms with Crippen LogP contribution in [0.3, 0.4) is 0 Å². The molecule has 5 nitrogen and oxygen atoms in total. The van der Waals surface area contributed by atoms with E-state index < -0.39 is 0 Å². The molecular formula is C22H26O5S. The maximum Gasteiger partial charge on any atom is 0.373 e. The predicted molar refractivity (Wildman–Crippen MR) is 110 cm³/mol. The summed E-state index contributed by atoms with van der Waals surface area (Å²) in [7, 11) is 1.65. The normalized spacial score (nSPS) is 9.54. The molecule has 6 heteroatoms. The van der Waals surface area contributed by atoms with Gasteiger partial charge in [-0.15, -0.1) is 11.8 Å². The van der Waals surface area contributed by atoms with Crippen LogP contribution in [0.2, 0.25) is 0 Å². The second kappa shape index (κ2) is 13.5. The molecule has 0 saturated carbocycles. The third-order valence-corrected chi connectivity index (χ3v) is 4.69. The number of ether oxygens (including phenoxy) is 3. The van der Waals surface area contributed by atoms with Gasteiger partial charge in [-0.1, -0.05) is 13.5 Å². The Morgan fingerprint density at radius 3 is 2.29 bits per heavy atom. The fraction of sp³-hybridized carbons (Fsp3) is 0.318. The van der Waals surface area contributed by atoms with Crippen LogP contribution in [0, 0.1) is 6.92 Å². The van der Waals surface area contributed by atoms with Crippen LogP contribution in [0.4, 0.5) is 0 Å². The van der Waals surface area contributed by atoms with Gasteiger partial charge in [0.15, 0.2) is 0 Å². The van der Waals surface area contributed by atoms with E-state index in [1.54, 1.807) is 18.9 Å². The van der Waals surface area contributed by atoms with Crippen molar-refractivity contribution in [3.63, 3.8) is 0 Å².